The van der Waals surface area contributed by atoms with E-state index in [0.717, 1.165) is 5.95 Å². The number of hydrogen-bond acceptors (Lipinski definition) is 3. The van der Waals surface area contributed by atoms with E-state index in [-0.39, 0.29) is 11.1 Å². The Kier molecular flexibility index (Phi) is 5.34. The van der Waals surface area contributed by atoms with Crippen molar-refractivity contribution in [2.75, 3.05) is 5.32 Å². The Morgan fingerprint density at radius 2 is 1.47 bits per heavy atom. The summed E-state index contributed by atoms with van der Waals surface area (Å²) in [4.78, 5) is 0. The molecule has 0 aliphatic heterocycles. The standard InChI is InChI=1S/C9H19N5.BF4/c1-8(2,3)10-7-11-12-13-14(7)9(4,5)6;2-1(3,4)5/h1-6H3,(H,10,11,13);/q;-1/p+1. The molecule has 10 heteroatoms. The molecule has 2 N–H and O–H groups in total. The minimum absolute atomic E-state index is 0.0100. The Hall–Kier alpha value is -1.35. The van der Waals surface area contributed by atoms with Crippen molar-refractivity contribution in [1.29, 1.82) is 0 Å². The number of H-pyrrole nitrogens is 1. The number of nitrogens with zero attached hydrogens (tertiary/aromatic N) is 3. The topological polar surface area (TPSA) is 57.5 Å². The van der Waals surface area contributed by atoms with Crippen LogP contribution in [-0.4, -0.2) is 28.3 Å². The second kappa shape index (κ2) is 5.75. The lowest BCUT2D eigenvalue weighted by Crippen LogP contribution is -2.54. The van der Waals surface area contributed by atoms with Gasteiger partial charge in [0.2, 0.25) is 0 Å². The van der Waals surface area contributed by atoms with Gasteiger partial charge in [-0.1, -0.05) is 0 Å². The summed E-state index contributed by atoms with van der Waals surface area (Å²) in [6.07, 6.45) is 0. The van der Waals surface area contributed by atoms with Gasteiger partial charge >= 0.3 is 13.2 Å². The predicted octanol–water partition coefficient (Wildman–Crippen LogP) is 2.36. The van der Waals surface area contributed by atoms with Crippen LogP contribution >= 0.6 is 0 Å². The number of halogens is 4. The first-order valence-corrected chi connectivity index (χ1v) is 5.69. The van der Waals surface area contributed by atoms with Gasteiger partial charge in [0.05, 0.1) is 16.2 Å². The van der Waals surface area contributed by atoms with E-state index in [2.05, 4.69) is 62.4 Å². The van der Waals surface area contributed by atoms with E-state index >= 15 is 0 Å². The van der Waals surface area contributed by atoms with Crippen molar-refractivity contribution in [2.45, 2.75) is 52.6 Å². The van der Waals surface area contributed by atoms with Crippen molar-refractivity contribution in [1.82, 2.24) is 15.5 Å². The molecule has 0 radical (unpaired) electrons. The molecule has 0 atom stereocenters. The number of tetrazole rings is 1. The molecular weight excluding hydrogens is 265 g/mol. The SMILES string of the molecule is CC(C)(C)Nc1nn[nH][n+]1C(C)(C)C.F[B-](F)(F)F. The van der Waals surface area contributed by atoms with Gasteiger partial charge in [-0.15, -0.1) is 5.21 Å². The summed E-state index contributed by atoms with van der Waals surface area (Å²) >= 11 is 0. The number of aromatic amines is 1. The first-order chi connectivity index (χ1) is 8.20. The highest BCUT2D eigenvalue weighted by atomic mass is 19.5. The molecule has 0 saturated heterocycles. The quantitative estimate of drug-likeness (QED) is 0.473. The van der Waals surface area contributed by atoms with Crippen molar-refractivity contribution in [2.24, 2.45) is 0 Å². The van der Waals surface area contributed by atoms with Crippen LogP contribution < -0.4 is 10.00 Å². The number of rotatable bonds is 1. The smallest absolute Gasteiger partial charge is 0.418 e. The maximum absolute atomic E-state index is 9.75. The van der Waals surface area contributed by atoms with Gasteiger partial charge in [-0.05, 0) is 41.5 Å². The molecule has 19 heavy (non-hydrogen) atoms. The first-order valence-electron chi connectivity index (χ1n) is 5.69. The maximum atomic E-state index is 9.75. The minimum atomic E-state index is -6.00. The van der Waals surface area contributed by atoms with E-state index in [1.165, 1.54) is 0 Å². The summed E-state index contributed by atoms with van der Waals surface area (Å²) in [5.41, 5.74) is -0.0546. The second-order valence-corrected chi connectivity index (χ2v) is 6.00. The Balaban J connectivity index is 0.000000555. The Bertz CT molecular complexity index is 385. The van der Waals surface area contributed by atoms with Crippen LogP contribution in [0.2, 0.25) is 0 Å². The number of hydrogen-bond donors (Lipinski definition) is 2. The van der Waals surface area contributed by atoms with Crippen LogP contribution in [0.3, 0.4) is 0 Å². The zero-order valence-corrected chi connectivity index (χ0v) is 11.9. The lowest BCUT2D eigenvalue weighted by atomic mass is 10.1. The molecule has 0 aliphatic carbocycles. The summed E-state index contributed by atoms with van der Waals surface area (Å²) in [6.45, 7) is 12.6. The Labute approximate surface area is 109 Å². The average molecular weight is 285 g/mol. The van der Waals surface area contributed by atoms with Gasteiger partial charge in [0.1, 0.15) is 5.21 Å². The van der Waals surface area contributed by atoms with Crippen LogP contribution in [0.5, 0.6) is 0 Å². The van der Waals surface area contributed by atoms with Gasteiger partial charge in [-0.3, -0.25) is 5.32 Å². The monoisotopic (exact) mass is 285 g/mol. The van der Waals surface area contributed by atoms with Crippen molar-refractivity contribution in [3.05, 3.63) is 0 Å². The average Bonchev–Trinajstić information content (AvgIpc) is 2.43. The minimum Gasteiger partial charge on any atom is -0.418 e. The summed E-state index contributed by atoms with van der Waals surface area (Å²) in [7, 11) is -6.00. The lowest BCUT2D eigenvalue weighted by Gasteiger charge is -2.20. The molecule has 1 aromatic rings. The first kappa shape index (κ1) is 17.7. The molecular formula is C9H20BF4N5. The van der Waals surface area contributed by atoms with Gasteiger partial charge < -0.3 is 17.3 Å². The largest absolute Gasteiger partial charge is 0.673 e. The van der Waals surface area contributed by atoms with Gasteiger partial charge in [0.25, 0.3) is 0 Å². The number of nitrogens with one attached hydrogen (secondary N) is 2. The molecule has 1 aromatic heterocycles. The highest BCUT2D eigenvalue weighted by Gasteiger charge is 2.28. The summed E-state index contributed by atoms with van der Waals surface area (Å²) in [6, 6.07) is 0. The molecule has 0 aliphatic rings. The van der Waals surface area contributed by atoms with E-state index in [4.69, 9.17) is 0 Å². The lowest BCUT2D eigenvalue weighted by molar-refractivity contribution is -0.794. The third-order valence-corrected chi connectivity index (χ3v) is 1.66. The van der Waals surface area contributed by atoms with Crippen molar-refractivity contribution in [3.8, 4) is 0 Å². The molecule has 0 unspecified atom stereocenters. The molecule has 0 aromatic carbocycles. The zero-order valence-electron chi connectivity index (χ0n) is 11.9. The maximum Gasteiger partial charge on any atom is 0.673 e. The Morgan fingerprint density at radius 1 is 1.05 bits per heavy atom. The van der Waals surface area contributed by atoms with Crippen LogP contribution in [0.15, 0.2) is 0 Å². The molecule has 0 spiro atoms. The van der Waals surface area contributed by atoms with Crippen molar-refractivity contribution in [3.63, 3.8) is 0 Å². The van der Waals surface area contributed by atoms with Crippen LogP contribution in [-0.2, 0) is 5.54 Å². The van der Waals surface area contributed by atoms with Gasteiger partial charge in [0, 0.05) is 0 Å². The highest BCUT2D eigenvalue weighted by molar-refractivity contribution is 6.50. The van der Waals surface area contributed by atoms with Gasteiger partial charge in [0.15, 0.2) is 0 Å². The molecule has 0 bridgehead atoms. The second-order valence-electron chi connectivity index (χ2n) is 6.00. The molecule has 112 valence electrons. The van der Waals surface area contributed by atoms with E-state index in [1.54, 1.807) is 0 Å². The third kappa shape index (κ3) is 9.26. The number of anilines is 1. The van der Waals surface area contributed by atoms with Crippen molar-refractivity contribution < 1.29 is 21.9 Å². The summed E-state index contributed by atoms with van der Waals surface area (Å²) in [5.74, 6) is 0.769. The fourth-order valence-corrected chi connectivity index (χ4v) is 1.09. The fraction of sp³-hybridized carbons (Fsp3) is 0.889. The molecule has 0 saturated carbocycles. The van der Waals surface area contributed by atoms with Crippen LogP contribution in [0.25, 0.3) is 0 Å². The highest BCUT2D eigenvalue weighted by Crippen LogP contribution is 2.10. The molecule has 0 fully saturated rings. The van der Waals surface area contributed by atoms with E-state index in [1.807, 2.05) is 4.68 Å². The van der Waals surface area contributed by atoms with E-state index in [0.29, 0.717) is 0 Å². The van der Waals surface area contributed by atoms with Crippen LogP contribution in [0.1, 0.15) is 41.5 Å². The molecule has 1 rings (SSSR count). The molecule has 5 nitrogen and oxygen atoms in total. The van der Waals surface area contributed by atoms with Crippen molar-refractivity contribution >= 4 is 13.2 Å². The normalized spacial score (nSPS) is 12.7. The molecule has 0 amide bonds. The van der Waals surface area contributed by atoms with Gasteiger partial charge in [-0.25, -0.2) is 0 Å². The Morgan fingerprint density at radius 3 is 1.79 bits per heavy atom. The van der Waals surface area contributed by atoms with E-state index in [9.17, 15) is 17.3 Å². The van der Waals surface area contributed by atoms with E-state index < -0.39 is 7.25 Å². The zero-order chi connectivity index (χ0) is 15.5. The number of aromatic nitrogens is 4. The fourth-order valence-electron chi connectivity index (χ4n) is 1.09. The molecule has 1 heterocycles. The third-order valence-electron chi connectivity index (χ3n) is 1.66. The van der Waals surface area contributed by atoms with Crippen LogP contribution in [0.4, 0.5) is 23.2 Å². The van der Waals surface area contributed by atoms with Crippen LogP contribution in [0, 0.1) is 0 Å². The predicted molar refractivity (Wildman–Crippen MR) is 65.1 cm³/mol. The van der Waals surface area contributed by atoms with Gasteiger partial charge in [-0.2, -0.15) is 4.68 Å². The summed E-state index contributed by atoms with van der Waals surface area (Å²) < 4.78 is 40.9. The summed E-state index contributed by atoms with van der Waals surface area (Å²) in [5, 5.41) is 14.0.